The van der Waals surface area contributed by atoms with Crippen LogP contribution < -0.4 is 0 Å². The molecule has 2 rings (SSSR count). The van der Waals surface area contributed by atoms with Gasteiger partial charge in [-0.1, -0.05) is 44.0 Å². The molecule has 1 aromatic carbocycles. The van der Waals surface area contributed by atoms with E-state index in [1.54, 1.807) is 0 Å². The number of halogens is 2. The molecule has 0 N–H and O–H groups in total. The van der Waals surface area contributed by atoms with Crippen LogP contribution in [-0.4, -0.2) is 24.6 Å². The first-order chi connectivity index (χ1) is 8.29. The van der Waals surface area contributed by atoms with E-state index in [0.29, 0.717) is 6.10 Å². The van der Waals surface area contributed by atoms with Crippen molar-refractivity contribution in [3.05, 3.63) is 34.3 Å². The van der Waals surface area contributed by atoms with Gasteiger partial charge in [0.25, 0.3) is 0 Å². The molecule has 1 aliphatic heterocycles. The zero-order chi connectivity index (χ0) is 12.1. The highest BCUT2D eigenvalue weighted by atomic mass is 79.9. The SMILES string of the molecule is BrCC(OC1CCOCC1)c1ccc(Br)cc1. The second-order valence-electron chi connectivity index (χ2n) is 4.14. The fourth-order valence-electron chi connectivity index (χ4n) is 1.93. The van der Waals surface area contributed by atoms with Crippen LogP contribution in [0.15, 0.2) is 28.7 Å². The highest BCUT2D eigenvalue weighted by molar-refractivity contribution is 9.10. The van der Waals surface area contributed by atoms with Crippen LogP contribution >= 0.6 is 31.9 Å². The molecule has 0 aromatic heterocycles. The second kappa shape index (κ2) is 6.88. The van der Waals surface area contributed by atoms with E-state index in [9.17, 15) is 0 Å². The van der Waals surface area contributed by atoms with Crippen LogP contribution in [0.2, 0.25) is 0 Å². The first-order valence-electron chi connectivity index (χ1n) is 5.84. The maximum absolute atomic E-state index is 6.12. The van der Waals surface area contributed by atoms with Crippen molar-refractivity contribution < 1.29 is 9.47 Å². The minimum absolute atomic E-state index is 0.131. The first kappa shape index (κ1) is 13.5. The smallest absolute Gasteiger partial charge is 0.0925 e. The van der Waals surface area contributed by atoms with Gasteiger partial charge in [-0.2, -0.15) is 0 Å². The van der Waals surface area contributed by atoms with Crippen LogP contribution in [-0.2, 0) is 9.47 Å². The summed E-state index contributed by atoms with van der Waals surface area (Å²) in [7, 11) is 0. The minimum atomic E-state index is 0.131. The Balaban J connectivity index is 1.97. The van der Waals surface area contributed by atoms with Crippen molar-refractivity contribution in [1.29, 1.82) is 0 Å². The first-order valence-corrected chi connectivity index (χ1v) is 7.75. The summed E-state index contributed by atoms with van der Waals surface area (Å²) < 4.78 is 12.6. The Bertz CT molecular complexity index is 334. The monoisotopic (exact) mass is 362 g/mol. The van der Waals surface area contributed by atoms with Gasteiger partial charge in [0, 0.05) is 23.0 Å². The van der Waals surface area contributed by atoms with Crippen LogP contribution in [0.1, 0.15) is 24.5 Å². The fraction of sp³-hybridized carbons (Fsp3) is 0.538. The van der Waals surface area contributed by atoms with Gasteiger partial charge in [0.05, 0.1) is 12.2 Å². The van der Waals surface area contributed by atoms with Crippen LogP contribution in [0.5, 0.6) is 0 Å². The lowest BCUT2D eigenvalue weighted by Crippen LogP contribution is -2.25. The molecule has 1 unspecified atom stereocenters. The lowest BCUT2D eigenvalue weighted by atomic mass is 10.1. The van der Waals surface area contributed by atoms with E-state index in [0.717, 1.165) is 35.9 Å². The van der Waals surface area contributed by atoms with E-state index in [2.05, 4.69) is 56.1 Å². The molecule has 0 spiro atoms. The molecule has 1 aliphatic rings. The fourth-order valence-corrected chi connectivity index (χ4v) is 2.72. The molecule has 1 atom stereocenters. The van der Waals surface area contributed by atoms with Crippen LogP contribution in [0.25, 0.3) is 0 Å². The largest absolute Gasteiger partial charge is 0.381 e. The number of alkyl halides is 1. The molecular formula is C13H16Br2O2. The summed E-state index contributed by atoms with van der Waals surface area (Å²) in [6, 6.07) is 8.32. The Morgan fingerprint density at radius 2 is 1.88 bits per heavy atom. The Morgan fingerprint density at radius 3 is 2.47 bits per heavy atom. The average molecular weight is 364 g/mol. The van der Waals surface area contributed by atoms with Crippen molar-refractivity contribution in [3.63, 3.8) is 0 Å². The van der Waals surface area contributed by atoms with E-state index in [-0.39, 0.29) is 6.10 Å². The molecule has 0 saturated carbocycles. The summed E-state index contributed by atoms with van der Waals surface area (Å²) in [4.78, 5) is 0. The van der Waals surface area contributed by atoms with Crippen molar-refractivity contribution in [2.24, 2.45) is 0 Å². The molecule has 4 heteroatoms. The zero-order valence-corrected chi connectivity index (χ0v) is 12.7. The predicted molar refractivity (Wildman–Crippen MR) is 75.6 cm³/mol. The van der Waals surface area contributed by atoms with Gasteiger partial charge in [-0.05, 0) is 30.5 Å². The van der Waals surface area contributed by atoms with Crippen LogP contribution in [0.4, 0.5) is 0 Å². The lowest BCUT2D eigenvalue weighted by molar-refractivity contribution is -0.0616. The number of ether oxygens (including phenoxy) is 2. The summed E-state index contributed by atoms with van der Waals surface area (Å²) in [5.74, 6) is 0. The van der Waals surface area contributed by atoms with Crippen molar-refractivity contribution >= 4 is 31.9 Å². The van der Waals surface area contributed by atoms with Crippen LogP contribution in [0.3, 0.4) is 0 Å². The average Bonchev–Trinajstić information content (AvgIpc) is 2.38. The van der Waals surface area contributed by atoms with E-state index in [1.165, 1.54) is 5.56 Å². The van der Waals surface area contributed by atoms with Gasteiger partial charge in [0.15, 0.2) is 0 Å². The van der Waals surface area contributed by atoms with Crippen molar-refractivity contribution in [3.8, 4) is 0 Å². The summed E-state index contributed by atoms with van der Waals surface area (Å²) in [5.41, 5.74) is 1.22. The van der Waals surface area contributed by atoms with Gasteiger partial charge in [-0.3, -0.25) is 0 Å². The molecule has 0 amide bonds. The molecule has 1 heterocycles. The summed E-state index contributed by atoms with van der Waals surface area (Å²) >= 11 is 6.98. The Kier molecular flexibility index (Phi) is 5.48. The number of hydrogen-bond acceptors (Lipinski definition) is 2. The van der Waals surface area contributed by atoms with Crippen molar-refractivity contribution in [2.75, 3.05) is 18.5 Å². The van der Waals surface area contributed by atoms with E-state index >= 15 is 0 Å². The molecule has 0 radical (unpaired) electrons. The van der Waals surface area contributed by atoms with Gasteiger partial charge >= 0.3 is 0 Å². The quantitative estimate of drug-likeness (QED) is 0.750. The second-order valence-corrected chi connectivity index (χ2v) is 5.71. The molecule has 17 heavy (non-hydrogen) atoms. The summed E-state index contributed by atoms with van der Waals surface area (Å²) in [6.45, 7) is 1.64. The third-order valence-electron chi connectivity index (χ3n) is 2.91. The third kappa shape index (κ3) is 4.05. The summed E-state index contributed by atoms with van der Waals surface area (Å²) in [5, 5.41) is 0.825. The maximum atomic E-state index is 6.12. The van der Waals surface area contributed by atoms with Gasteiger partial charge in [0.2, 0.25) is 0 Å². The zero-order valence-electron chi connectivity index (χ0n) is 9.57. The van der Waals surface area contributed by atoms with Gasteiger partial charge in [0.1, 0.15) is 0 Å². The summed E-state index contributed by atoms with van der Waals surface area (Å²) in [6.07, 6.45) is 2.46. The number of hydrogen-bond donors (Lipinski definition) is 0. The van der Waals surface area contributed by atoms with E-state index in [1.807, 2.05) is 0 Å². The van der Waals surface area contributed by atoms with E-state index in [4.69, 9.17) is 9.47 Å². The molecule has 0 bridgehead atoms. The number of rotatable bonds is 4. The van der Waals surface area contributed by atoms with Gasteiger partial charge in [-0.15, -0.1) is 0 Å². The topological polar surface area (TPSA) is 18.5 Å². The third-order valence-corrected chi connectivity index (χ3v) is 4.02. The Hall–Kier alpha value is 0.100. The normalized spacial score (nSPS) is 19.2. The highest BCUT2D eigenvalue weighted by Crippen LogP contribution is 2.26. The Morgan fingerprint density at radius 1 is 1.24 bits per heavy atom. The maximum Gasteiger partial charge on any atom is 0.0925 e. The molecular weight excluding hydrogens is 348 g/mol. The predicted octanol–water partition coefficient (Wildman–Crippen LogP) is 4.08. The van der Waals surface area contributed by atoms with Crippen LogP contribution in [0, 0.1) is 0 Å². The van der Waals surface area contributed by atoms with E-state index < -0.39 is 0 Å². The Labute approximate surface area is 119 Å². The molecule has 94 valence electrons. The molecule has 2 nitrogen and oxygen atoms in total. The highest BCUT2D eigenvalue weighted by Gasteiger charge is 2.20. The molecule has 1 fully saturated rings. The number of benzene rings is 1. The van der Waals surface area contributed by atoms with Gasteiger partial charge in [-0.25, -0.2) is 0 Å². The minimum Gasteiger partial charge on any atom is -0.381 e. The van der Waals surface area contributed by atoms with Crippen molar-refractivity contribution in [2.45, 2.75) is 25.0 Å². The molecule has 1 saturated heterocycles. The van der Waals surface area contributed by atoms with Crippen molar-refractivity contribution in [1.82, 2.24) is 0 Å². The standard InChI is InChI=1S/C13H16Br2O2/c14-9-13(10-1-3-11(15)4-2-10)17-12-5-7-16-8-6-12/h1-4,12-13H,5-9H2. The molecule has 1 aromatic rings. The lowest BCUT2D eigenvalue weighted by Gasteiger charge is -2.27. The molecule has 0 aliphatic carbocycles. The van der Waals surface area contributed by atoms with Gasteiger partial charge < -0.3 is 9.47 Å².